The molecule has 3 atom stereocenters. The van der Waals surface area contributed by atoms with Crippen molar-refractivity contribution in [2.24, 2.45) is 16.7 Å². The van der Waals surface area contributed by atoms with Crippen LogP contribution in [0.25, 0.3) is 0 Å². The second-order valence-electron chi connectivity index (χ2n) is 7.43. The topological polar surface area (TPSA) is 17.0 Å². The molecule has 3 unspecified atom stereocenters. The molecular weight excluding hydrogens is 220 g/mol. The number of nitrogens with zero attached hydrogens (tertiary/aromatic N) is 1. The van der Waals surface area contributed by atoms with Crippen LogP contribution in [0.1, 0.15) is 51.4 Å². The molecule has 0 spiro atoms. The van der Waals surface area contributed by atoms with Crippen LogP contribution in [0.15, 0.2) is 12.1 Å². The Hall–Kier alpha value is -0.920. The van der Waals surface area contributed by atoms with Crippen molar-refractivity contribution in [2.75, 3.05) is 5.43 Å². The summed E-state index contributed by atoms with van der Waals surface area (Å²) in [4.78, 5) is 0. The smallest absolute Gasteiger partial charge is 0.0531 e. The summed E-state index contributed by atoms with van der Waals surface area (Å²) >= 11 is 0. The van der Waals surface area contributed by atoms with Crippen molar-refractivity contribution in [3.8, 4) is 0 Å². The van der Waals surface area contributed by atoms with Crippen LogP contribution < -0.4 is 5.43 Å². The Morgan fingerprint density at radius 3 is 2.28 bits per heavy atom. The second kappa shape index (κ2) is 3.55. The van der Waals surface area contributed by atoms with Gasteiger partial charge in [-0.15, -0.1) is 0 Å². The van der Waals surface area contributed by atoms with E-state index in [1.165, 1.54) is 30.7 Å². The Morgan fingerprint density at radius 2 is 1.78 bits per heavy atom. The van der Waals surface area contributed by atoms with Gasteiger partial charge in [-0.1, -0.05) is 20.8 Å². The van der Waals surface area contributed by atoms with Crippen molar-refractivity contribution in [1.29, 1.82) is 0 Å². The van der Waals surface area contributed by atoms with Crippen LogP contribution in [0.2, 0.25) is 0 Å². The van der Waals surface area contributed by atoms with Crippen LogP contribution in [0, 0.1) is 30.6 Å². The zero-order chi connectivity index (χ0) is 13.1. The zero-order valence-electron chi connectivity index (χ0n) is 12.4. The van der Waals surface area contributed by atoms with Gasteiger partial charge in [-0.25, -0.2) is 0 Å². The zero-order valence-corrected chi connectivity index (χ0v) is 12.4. The third-order valence-electron chi connectivity index (χ3n) is 5.80. The Morgan fingerprint density at radius 1 is 1.17 bits per heavy atom. The lowest BCUT2D eigenvalue weighted by Gasteiger charge is -2.44. The highest BCUT2D eigenvalue weighted by atomic mass is 15.4. The fraction of sp³-hybridized carbons (Fsp3) is 0.750. The number of hydrogen-bond acceptors (Lipinski definition) is 1. The fourth-order valence-electron chi connectivity index (χ4n) is 4.63. The average molecular weight is 246 g/mol. The predicted molar refractivity (Wildman–Crippen MR) is 76.3 cm³/mol. The maximum Gasteiger partial charge on any atom is 0.0531 e. The molecule has 0 saturated heterocycles. The molecule has 0 amide bonds. The molecule has 100 valence electrons. The lowest BCUT2D eigenvalue weighted by Crippen LogP contribution is -2.49. The first-order valence-corrected chi connectivity index (χ1v) is 7.26. The van der Waals surface area contributed by atoms with E-state index in [1.807, 2.05) is 0 Å². The SMILES string of the molecule is Cc1ccc(C)n1NC1C2(C)CCC(C2)C1(C)C. The minimum atomic E-state index is 0.413. The van der Waals surface area contributed by atoms with E-state index in [2.05, 4.69) is 56.9 Å². The molecule has 2 nitrogen and oxygen atoms in total. The van der Waals surface area contributed by atoms with Crippen molar-refractivity contribution in [3.63, 3.8) is 0 Å². The Balaban J connectivity index is 1.93. The van der Waals surface area contributed by atoms with Crippen molar-refractivity contribution < 1.29 is 0 Å². The third kappa shape index (κ3) is 1.47. The molecule has 2 bridgehead atoms. The maximum atomic E-state index is 3.84. The standard InChI is InChI=1S/C16H26N2/c1-11-6-7-12(2)18(11)17-14-15(3,4)13-8-9-16(14,5)10-13/h6-7,13-14,17H,8-10H2,1-5H3. The first-order chi connectivity index (χ1) is 8.34. The van der Waals surface area contributed by atoms with Gasteiger partial charge in [0.1, 0.15) is 0 Å². The molecule has 0 radical (unpaired) electrons. The van der Waals surface area contributed by atoms with Gasteiger partial charge in [0.05, 0.1) is 6.04 Å². The number of hydrogen-bond donors (Lipinski definition) is 1. The summed E-state index contributed by atoms with van der Waals surface area (Å²) < 4.78 is 2.29. The Bertz CT molecular complexity index is 447. The molecule has 2 fully saturated rings. The van der Waals surface area contributed by atoms with Crippen molar-refractivity contribution in [3.05, 3.63) is 23.5 Å². The summed E-state index contributed by atoms with van der Waals surface area (Å²) in [5.41, 5.74) is 7.36. The molecular formula is C16H26N2. The predicted octanol–water partition coefficient (Wildman–Crippen LogP) is 3.86. The van der Waals surface area contributed by atoms with Crippen molar-refractivity contribution in [2.45, 2.75) is 59.9 Å². The molecule has 2 aliphatic rings. The first-order valence-electron chi connectivity index (χ1n) is 7.26. The van der Waals surface area contributed by atoms with E-state index in [1.54, 1.807) is 0 Å². The van der Waals surface area contributed by atoms with Gasteiger partial charge in [-0.05, 0) is 62.0 Å². The summed E-state index contributed by atoms with van der Waals surface area (Å²) in [5.74, 6) is 0.899. The minimum absolute atomic E-state index is 0.413. The lowest BCUT2D eigenvalue weighted by molar-refractivity contribution is 0.145. The van der Waals surface area contributed by atoms with E-state index >= 15 is 0 Å². The van der Waals surface area contributed by atoms with Gasteiger partial charge < -0.3 is 5.43 Å². The van der Waals surface area contributed by atoms with Gasteiger partial charge in [-0.2, -0.15) is 0 Å². The van der Waals surface area contributed by atoms with E-state index in [0.717, 1.165) is 5.92 Å². The van der Waals surface area contributed by atoms with Gasteiger partial charge in [0.2, 0.25) is 0 Å². The van der Waals surface area contributed by atoms with Crippen LogP contribution in [-0.2, 0) is 0 Å². The lowest BCUT2D eigenvalue weighted by atomic mass is 9.69. The maximum absolute atomic E-state index is 3.84. The van der Waals surface area contributed by atoms with E-state index in [0.29, 0.717) is 16.9 Å². The monoisotopic (exact) mass is 246 g/mol. The number of fused-ring (bicyclic) bond motifs is 2. The number of aromatic nitrogens is 1. The van der Waals surface area contributed by atoms with Crippen LogP contribution in [0.5, 0.6) is 0 Å². The van der Waals surface area contributed by atoms with Crippen molar-refractivity contribution in [1.82, 2.24) is 4.68 Å². The molecule has 1 N–H and O–H groups in total. The number of nitrogens with one attached hydrogen (secondary N) is 1. The highest BCUT2D eigenvalue weighted by Gasteiger charge is 2.59. The second-order valence-corrected chi connectivity index (χ2v) is 7.43. The van der Waals surface area contributed by atoms with E-state index < -0.39 is 0 Å². The minimum Gasteiger partial charge on any atom is -0.322 e. The fourth-order valence-corrected chi connectivity index (χ4v) is 4.63. The van der Waals surface area contributed by atoms with Gasteiger partial charge in [-0.3, -0.25) is 4.68 Å². The first kappa shape index (κ1) is 12.1. The summed E-state index contributed by atoms with van der Waals surface area (Å²) in [5, 5.41) is 0. The quantitative estimate of drug-likeness (QED) is 0.838. The van der Waals surface area contributed by atoms with Crippen molar-refractivity contribution >= 4 is 0 Å². The molecule has 2 aliphatic carbocycles. The molecule has 1 aromatic heterocycles. The number of rotatable bonds is 2. The average Bonchev–Trinajstić information content (AvgIpc) is 2.86. The summed E-state index contributed by atoms with van der Waals surface area (Å²) in [6.45, 7) is 11.8. The van der Waals surface area contributed by atoms with Gasteiger partial charge in [0, 0.05) is 11.4 Å². The summed E-state index contributed by atoms with van der Waals surface area (Å²) in [6.07, 6.45) is 4.21. The number of aryl methyl sites for hydroxylation is 2. The van der Waals surface area contributed by atoms with E-state index in [9.17, 15) is 0 Å². The van der Waals surface area contributed by atoms with Crippen LogP contribution in [0.4, 0.5) is 0 Å². The van der Waals surface area contributed by atoms with Gasteiger partial charge in [0.25, 0.3) is 0 Å². The van der Waals surface area contributed by atoms with Crippen LogP contribution in [-0.4, -0.2) is 10.7 Å². The molecule has 2 saturated carbocycles. The molecule has 3 rings (SSSR count). The molecule has 1 heterocycles. The Labute approximate surface area is 111 Å². The third-order valence-corrected chi connectivity index (χ3v) is 5.80. The summed E-state index contributed by atoms with van der Waals surface area (Å²) in [6, 6.07) is 4.99. The molecule has 0 aliphatic heterocycles. The highest BCUT2D eigenvalue weighted by molar-refractivity contribution is 5.21. The Kier molecular flexibility index (Phi) is 2.39. The molecule has 2 heteroatoms. The molecule has 0 aromatic carbocycles. The van der Waals surface area contributed by atoms with Crippen LogP contribution in [0.3, 0.4) is 0 Å². The normalized spacial score (nSPS) is 37.2. The molecule has 18 heavy (non-hydrogen) atoms. The van der Waals surface area contributed by atoms with Crippen LogP contribution >= 0.6 is 0 Å². The van der Waals surface area contributed by atoms with E-state index in [-0.39, 0.29) is 0 Å². The summed E-state index contributed by atoms with van der Waals surface area (Å²) in [7, 11) is 0. The van der Waals surface area contributed by atoms with E-state index in [4.69, 9.17) is 0 Å². The largest absolute Gasteiger partial charge is 0.322 e. The highest BCUT2D eigenvalue weighted by Crippen LogP contribution is 2.62. The van der Waals surface area contributed by atoms with Gasteiger partial charge >= 0.3 is 0 Å². The molecule has 1 aromatic rings. The van der Waals surface area contributed by atoms with Gasteiger partial charge in [0.15, 0.2) is 0 Å².